The highest BCUT2D eigenvalue weighted by molar-refractivity contribution is 5.42. The Kier molecular flexibility index (Phi) is 2.48. The van der Waals surface area contributed by atoms with E-state index >= 15 is 0 Å². The zero-order valence-corrected chi connectivity index (χ0v) is 9.26. The molecule has 4 heteroatoms. The van der Waals surface area contributed by atoms with E-state index in [1.807, 2.05) is 24.4 Å². The summed E-state index contributed by atoms with van der Waals surface area (Å²) in [7, 11) is 0. The van der Waals surface area contributed by atoms with Crippen LogP contribution < -0.4 is 5.32 Å². The van der Waals surface area contributed by atoms with Crippen molar-refractivity contribution in [2.75, 3.05) is 11.9 Å². The fourth-order valence-corrected chi connectivity index (χ4v) is 1.90. The molecule has 16 heavy (non-hydrogen) atoms. The highest BCUT2D eigenvalue weighted by atomic mass is 15.3. The van der Waals surface area contributed by atoms with Gasteiger partial charge in [-0.1, -0.05) is 18.9 Å². The van der Waals surface area contributed by atoms with Crippen molar-refractivity contribution in [1.29, 1.82) is 0 Å². The van der Waals surface area contributed by atoms with Crippen LogP contribution in [0.15, 0.2) is 24.4 Å². The summed E-state index contributed by atoms with van der Waals surface area (Å²) in [5.74, 6) is 1.75. The minimum atomic E-state index is 0.738. The number of fused-ring (bicyclic) bond motifs is 1. The molecule has 0 radical (unpaired) electrons. The molecule has 0 bridgehead atoms. The van der Waals surface area contributed by atoms with Crippen molar-refractivity contribution in [2.24, 2.45) is 5.92 Å². The quantitative estimate of drug-likeness (QED) is 0.780. The molecule has 4 nitrogen and oxygen atoms in total. The van der Waals surface area contributed by atoms with Crippen molar-refractivity contribution >= 4 is 11.6 Å². The van der Waals surface area contributed by atoms with Crippen LogP contribution >= 0.6 is 0 Å². The molecule has 0 unspecified atom stereocenters. The lowest BCUT2D eigenvalue weighted by Gasteiger charge is -1.99. The minimum Gasteiger partial charge on any atom is -0.353 e. The van der Waals surface area contributed by atoms with Gasteiger partial charge >= 0.3 is 0 Å². The van der Waals surface area contributed by atoms with Gasteiger partial charge < -0.3 is 5.32 Å². The first kappa shape index (κ1) is 9.63. The molecule has 84 valence electrons. The van der Waals surface area contributed by atoms with Crippen LogP contribution in [0.3, 0.4) is 0 Å². The number of anilines is 1. The molecule has 2 aromatic heterocycles. The van der Waals surface area contributed by atoms with Crippen LogP contribution in [0.25, 0.3) is 5.65 Å². The maximum atomic E-state index is 4.39. The van der Waals surface area contributed by atoms with Crippen LogP contribution in [0.4, 0.5) is 5.95 Å². The predicted molar refractivity (Wildman–Crippen MR) is 63.4 cm³/mol. The van der Waals surface area contributed by atoms with Gasteiger partial charge in [0.15, 0.2) is 5.65 Å². The van der Waals surface area contributed by atoms with Crippen molar-refractivity contribution in [2.45, 2.75) is 25.7 Å². The second kappa shape index (κ2) is 4.12. The van der Waals surface area contributed by atoms with E-state index in [2.05, 4.69) is 15.4 Å². The molecular formula is C12H16N4. The standard InChI is InChI=1S/C12H16N4/c1-2-9-16-11(5-1)14-12(15-16)13-8-3-4-10-6-7-10/h1-2,5,9-10H,3-4,6-8H2,(H,13,15). The third kappa shape index (κ3) is 2.15. The SMILES string of the molecule is c1ccn2nc(NCCCC3CC3)nc2c1. The van der Waals surface area contributed by atoms with Crippen LogP contribution in [-0.4, -0.2) is 21.1 Å². The fourth-order valence-electron chi connectivity index (χ4n) is 1.90. The Morgan fingerprint density at radius 1 is 1.38 bits per heavy atom. The Hall–Kier alpha value is -1.58. The smallest absolute Gasteiger partial charge is 0.243 e. The number of hydrogen-bond donors (Lipinski definition) is 1. The lowest BCUT2D eigenvalue weighted by Crippen LogP contribution is -2.03. The summed E-state index contributed by atoms with van der Waals surface area (Å²) in [5.41, 5.74) is 0.896. The lowest BCUT2D eigenvalue weighted by molar-refractivity contribution is 0.685. The van der Waals surface area contributed by atoms with E-state index in [-0.39, 0.29) is 0 Å². The van der Waals surface area contributed by atoms with Gasteiger partial charge in [-0.15, -0.1) is 5.10 Å². The van der Waals surface area contributed by atoms with Gasteiger partial charge in [0.25, 0.3) is 0 Å². The molecule has 1 aliphatic carbocycles. The zero-order chi connectivity index (χ0) is 10.8. The van der Waals surface area contributed by atoms with E-state index in [0.717, 1.165) is 24.1 Å². The second-order valence-corrected chi connectivity index (χ2v) is 4.45. The van der Waals surface area contributed by atoms with Gasteiger partial charge in [0.1, 0.15) is 0 Å². The van der Waals surface area contributed by atoms with Crippen LogP contribution in [0.2, 0.25) is 0 Å². The molecule has 0 amide bonds. The monoisotopic (exact) mass is 216 g/mol. The molecular weight excluding hydrogens is 200 g/mol. The molecule has 1 N–H and O–H groups in total. The Bertz CT molecular complexity index is 440. The summed E-state index contributed by atoms with van der Waals surface area (Å²) in [6.45, 7) is 0.980. The molecule has 2 heterocycles. The van der Waals surface area contributed by atoms with E-state index in [1.54, 1.807) is 4.52 Å². The summed E-state index contributed by atoms with van der Waals surface area (Å²) in [5, 5.41) is 7.61. The van der Waals surface area contributed by atoms with Crippen molar-refractivity contribution in [3.63, 3.8) is 0 Å². The second-order valence-electron chi connectivity index (χ2n) is 4.45. The highest BCUT2D eigenvalue weighted by Crippen LogP contribution is 2.33. The van der Waals surface area contributed by atoms with Gasteiger partial charge in [-0.2, -0.15) is 4.98 Å². The van der Waals surface area contributed by atoms with Crippen LogP contribution in [0, 0.1) is 5.92 Å². The molecule has 0 aromatic carbocycles. The highest BCUT2D eigenvalue weighted by Gasteiger charge is 2.19. The molecule has 0 saturated heterocycles. The molecule has 2 aromatic rings. The summed E-state index contributed by atoms with van der Waals surface area (Å²) < 4.78 is 1.79. The molecule has 0 atom stereocenters. The van der Waals surface area contributed by atoms with E-state index < -0.39 is 0 Å². The lowest BCUT2D eigenvalue weighted by atomic mass is 10.2. The molecule has 0 aliphatic heterocycles. The number of nitrogens with zero attached hydrogens (tertiary/aromatic N) is 3. The zero-order valence-electron chi connectivity index (χ0n) is 9.26. The van der Waals surface area contributed by atoms with Crippen LogP contribution in [-0.2, 0) is 0 Å². The number of aromatic nitrogens is 3. The first-order chi connectivity index (χ1) is 7.92. The molecule has 1 fully saturated rings. The average Bonchev–Trinajstić information content (AvgIpc) is 3.03. The molecule has 1 saturated carbocycles. The summed E-state index contributed by atoms with van der Waals surface area (Å²) in [6.07, 6.45) is 7.36. The molecule has 3 rings (SSSR count). The Morgan fingerprint density at radius 2 is 2.31 bits per heavy atom. The number of pyridine rings is 1. The summed E-state index contributed by atoms with van der Waals surface area (Å²) >= 11 is 0. The number of nitrogens with one attached hydrogen (secondary N) is 1. The van der Waals surface area contributed by atoms with Crippen molar-refractivity contribution < 1.29 is 0 Å². The third-order valence-electron chi connectivity index (χ3n) is 3.01. The average molecular weight is 216 g/mol. The minimum absolute atomic E-state index is 0.738. The number of hydrogen-bond acceptors (Lipinski definition) is 3. The van der Waals surface area contributed by atoms with Crippen molar-refractivity contribution in [1.82, 2.24) is 14.6 Å². The van der Waals surface area contributed by atoms with Crippen LogP contribution in [0.1, 0.15) is 25.7 Å². The van der Waals surface area contributed by atoms with Gasteiger partial charge in [0, 0.05) is 12.7 Å². The molecule has 1 aliphatic rings. The Balaban J connectivity index is 1.56. The summed E-state index contributed by atoms with van der Waals surface area (Å²) in [4.78, 5) is 4.39. The maximum absolute atomic E-state index is 4.39. The van der Waals surface area contributed by atoms with Crippen molar-refractivity contribution in [3.05, 3.63) is 24.4 Å². The molecule has 0 spiro atoms. The largest absolute Gasteiger partial charge is 0.353 e. The van der Waals surface area contributed by atoms with Crippen LogP contribution in [0.5, 0.6) is 0 Å². The maximum Gasteiger partial charge on any atom is 0.243 e. The van der Waals surface area contributed by atoms with E-state index in [0.29, 0.717) is 0 Å². The van der Waals surface area contributed by atoms with Crippen molar-refractivity contribution in [3.8, 4) is 0 Å². The van der Waals surface area contributed by atoms with Gasteiger partial charge in [0.05, 0.1) is 0 Å². The van der Waals surface area contributed by atoms with Gasteiger partial charge in [-0.25, -0.2) is 4.52 Å². The summed E-state index contributed by atoms with van der Waals surface area (Å²) in [6, 6.07) is 5.89. The Morgan fingerprint density at radius 3 is 3.12 bits per heavy atom. The fraction of sp³-hybridized carbons (Fsp3) is 0.500. The van der Waals surface area contributed by atoms with Gasteiger partial charge in [-0.3, -0.25) is 0 Å². The van der Waals surface area contributed by atoms with Gasteiger partial charge in [0.2, 0.25) is 5.95 Å². The first-order valence-corrected chi connectivity index (χ1v) is 5.97. The van der Waals surface area contributed by atoms with E-state index in [9.17, 15) is 0 Å². The third-order valence-corrected chi connectivity index (χ3v) is 3.01. The van der Waals surface area contributed by atoms with E-state index in [4.69, 9.17) is 0 Å². The first-order valence-electron chi connectivity index (χ1n) is 5.97. The normalized spacial score (nSPS) is 15.5. The topological polar surface area (TPSA) is 42.2 Å². The van der Waals surface area contributed by atoms with E-state index in [1.165, 1.54) is 25.7 Å². The predicted octanol–water partition coefficient (Wildman–Crippen LogP) is 2.33. The van der Waals surface area contributed by atoms with Gasteiger partial charge in [-0.05, 0) is 30.9 Å². The Labute approximate surface area is 94.7 Å². The number of rotatable bonds is 5.